The molecule has 32 heavy (non-hydrogen) atoms. The van der Waals surface area contributed by atoms with Crippen LogP contribution in [0.5, 0.6) is 0 Å². The molecular formula is C25H24FN5O. The van der Waals surface area contributed by atoms with Crippen LogP contribution in [0.3, 0.4) is 0 Å². The zero-order chi connectivity index (χ0) is 22.7. The molecule has 0 spiro atoms. The van der Waals surface area contributed by atoms with Crippen LogP contribution >= 0.6 is 0 Å². The van der Waals surface area contributed by atoms with E-state index in [1.807, 2.05) is 18.2 Å². The summed E-state index contributed by atoms with van der Waals surface area (Å²) < 4.78 is 15.3. The molecule has 0 bridgehead atoms. The van der Waals surface area contributed by atoms with Gasteiger partial charge in [0.15, 0.2) is 5.69 Å². The molecule has 4 aromatic rings. The van der Waals surface area contributed by atoms with Gasteiger partial charge >= 0.3 is 0 Å². The van der Waals surface area contributed by atoms with Crippen LogP contribution in [0.15, 0.2) is 67.0 Å². The van der Waals surface area contributed by atoms with Crippen molar-refractivity contribution in [1.82, 2.24) is 25.3 Å². The highest BCUT2D eigenvalue weighted by molar-refractivity contribution is 5.98. The van der Waals surface area contributed by atoms with Gasteiger partial charge in [-0.05, 0) is 59.9 Å². The molecular weight excluding hydrogens is 405 g/mol. The maximum atomic E-state index is 13.8. The molecule has 0 radical (unpaired) electrons. The van der Waals surface area contributed by atoms with Crippen molar-refractivity contribution < 1.29 is 9.18 Å². The number of hydrogen-bond donors (Lipinski definition) is 1. The molecule has 0 atom stereocenters. The number of aryl methyl sites for hydroxylation is 1. The van der Waals surface area contributed by atoms with Crippen LogP contribution in [-0.2, 0) is 6.54 Å². The Kier molecular flexibility index (Phi) is 6.07. The first-order chi connectivity index (χ1) is 15.4. The second-order valence-electron chi connectivity index (χ2n) is 7.95. The number of hydrogen-bond acceptors (Lipinski definition) is 4. The lowest BCUT2D eigenvalue weighted by Gasteiger charge is -2.10. The van der Waals surface area contributed by atoms with Crippen LogP contribution in [-0.4, -0.2) is 25.9 Å². The van der Waals surface area contributed by atoms with Crippen LogP contribution in [0.4, 0.5) is 4.39 Å². The molecule has 0 aliphatic heterocycles. The summed E-state index contributed by atoms with van der Waals surface area (Å²) in [5, 5.41) is 11.3. The Morgan fingerprint density at radius 1 is 1.12 bits per heavy atom. The minimum absolute atomic E-state index is 0.179. The van der Waals surface area contributed by atoms with Crippen LogP contribution in [0.1, 0.15) is 46.9 Å². The summed E-state index contributed by atoms with van der Waals surface area (Å²) in [6.07, 6.45) is 3.30. The van der Waals surface area contributed by atoms with Gasteiger partial charge in [-0.2, -0.15) is 0 Å². The Bertz CT molecular complexity index is 1230. The highest BCUT2D eigenvalue weighted by Gasteiger charge is 2.22. The van der Waals surface area contributed by atoms with Crippen LogP contribution in [0.25, 0.3) is 16.9 Å². The first-order valence-corrected chi connectivity index (χ1v) is 10.4. The summed E-state index contributed by atoms with van der Waals surface area (Å²) in [4.78, 5) is 17.2. The summed E-state index contributed by atoms with van der Waals surface area (Å²) in [6.45, 7) is 6.33. The quantitative estimate of drug-likeness (QED) is 0.476. The van der Waals surface area contributed by atoms with E-state index >= 15 is 0 Å². The smallest absolute Gasteiger partial charge is 0.274 e. The fraction of sp³-hybridized carbons (Fsp3) is 0.200. The minimum Gasteiger partial charge on any atom is -0.346 e. The molecule has 7 heteroatoms. The highest BCUT2D eigenvalue weighted by Crippen LogP contribution is 2.25. The van der Waals surface area contributed by atoms with Crippen LogP contribution in [0.2, 0.25) is 0 Å². The van der Waals surface area contributed by atoms with E-state index in [0.29, 0.717) is 35.0 Å². The summed E-state index contributed by atoms with van der Waals surface area (Å²) in [5.41, 5.74) is 4.69. The van der Waals surface area contributed by atoms with E-state index < -0.39 is 0 Å². The fourth-order valence-electron chi connectivity index (χ4n) is 3.42. The maximum absolute atomic E-state index is 13.8. The number of carbonyl (C=O) groups is 1. The predicted octanol–water partition coefficient (Wildman–Crippen LogP) is 4.83. The van der Waals surface area contributed by atoms with Crippen molar-refractivity contribution in [2.45, 2.75) is 33.2 Å². The minimum atomic E-state index is -0.345. The van der Waals surface area contributed by atoms with Crippen molar-refractivity contribution in [3.05, 3.63) is 95.2 Å². The third kappa shape index (κ3) is 4.42. The van der Waals surface area contributed by atoms with E-state index in [9.17, 15) is 9.18 Å². The van der Waals surface area contributed by atoms with Crippen LogP contribution < -0.4 is 5.32 Å². The third-order valence-corrected chi connectivity index (χ3v) is 5.31. The van der Waals surface area contributed by atoms with E-state index in [1.165, 1.54) is 16.3 Å². The average Bonchev–Trinajstić information content (AvgIpc) is 3.25. The van der Waals surface area contributed by atoms with Gasteiger partial charge in [0.1, 0.15) is 11.5 Å². The Morgan fingerprint density at radius 2 is 1.91 bits per heavy atom. The number of nitrogens with zero attached hydrogens (tertiary/aromatic N) is 4. The largest absolute Gasteiger partial charge is 0.346 e. The van der Waals surface area contributed by atoms with Gasteiger partial charge < -0.3 is 5.32 Å². The van der Waals surface area contributed by atoms with Gasteiger partial charge in [0, 0.05) is 24.5 Å². The Morgan fingerprint density at radius 3 is 2.56 bits per heavy atom. The third-order valence-electron chi connectivity index (χ3n) is 5.31. The zero-order valence-corrected chi connectivity index (χ0v) is 18.2. The maximum Gasteiger partial charge on any atom is 0.274 e. The first-order valence-electron chi connectivity index (χ1n) is 10.4. The van der Waals surface area contributed by atoms with Crippen molar-refractivity contribution >= 4 is 5.91 Å². The lowest BCUT2D eigenvalue weighted by molar-refractivity contribution is 0.0946. The normalized spacial score (nSPS) is 11.0. The second-order valence-corrected chi connectivity index (χ2v) is 7.95. The molecule has 0 unspecified atom stereocenters. The molecule has 2 aromatic carbocycles. The number of halogens is 1. The number of aromatic nitrogens is 4. The number of benzene rings is 2. The topological polar surface area (TPSA) is 72.7 Å². The first kappa shape index (κ1) is 21.4. The molecule has 6 nitrogen and oxygen atoms in total. The van der Waals surface area contributed by atoms with E-state index in [2.05, 4.69) is 46.6 Å². The number of rotatable bonds is 6. The SMILES string of the molecule is Cc1cc(-n2nnc(C(=O)NCc3ccc(C(C)C)cc3)c2-c2cccnc2)ccc1F. The molecule has 1 amide bonds. The standard InChI is InChI=1S/C25H24FN5O/c1-16(2)19-8-6-18(7-9-19)14-28-25(32)23-24(20-5-4-12-27-15-20)31(30-29-23)21-10-11-22(26)17(3)13-21/h4-13,15-16H,14H2,1-3H3,(H,28,32). The van der Waals surface area contributed by atoms with Gasteiger partial charge in [0.25, 0.3) is 5.91 Å². The van der Waals surface area contributed by atoms with Gasteiger partial charge in [0.05, 0.1) is 5.69 Å². The molecule has 2 aromatic heterocycles. The van der Waals surface area contributed by atoms with Gasteiger partial charge in [-0.15, -0.1) is 5.10 Å². The monoisotopic (exact) mass is 429 g/mol. The Balaban J connectivity index is 1.65. The van der Waals surface area contributed by atoms with Crippen molar-refractivity contribution in [3.63, 3.8) is 0 Å². The molecule has 1 N–H and O–H groups in total. The van der Waals surface area contributed by atoms with Crippen molar-refractivity contribution in [3.8, 4) is 16.9 Å². The van der Waals surface area contributed by atoms with E-state index in [-0.39, 0.29) is 17.4 Å². The molecule has 0 aliphatic carbocycles. The van der Waals surface area contributed by atoms with Crippen molar-refractivity contribution in [2.24, 2.45) is 0 Å². The van der Waals surface area contributed by atoms with Crippen LogP contribution in [0, 0.1) is 12.7 Å². The molecule has 0 aliphatic rings. The lowest BCUT2D eigenvalue weighted by Crippen LogP contribution is -2.24. The molecule has 0 saturated carbocycles. The molecule has 0 saturated heterocycles. The number of amides is 1. The second kappa shape index (κ2) is 9.09. The molecule has 162 valence electrons. The number of carbonyl (C=O) groups excluding carboxylic acids is 1. The summed E-state index contributed by atoms with van der Waals surface area (Å²) in [5.74, 6) is -0.203. The molecule has 4 rings (SSSR count). The highest BCUT2D eigenvalue weighted by atomic mass is 19.1. The fourth-order valence-corrected chi connectivity index (χ4v) is 3.42. The Labute approximate surface area is 186 Å². The number of pyridine rings is 1. The molecule has 0 fully saturated rings. The number of nitrogens with one attached hydrogen (secondary N) is 1. The van der Waals surface area contributed by atoms with E-state index in [4.69, 9.17) is 0 Å². The Hall–Kier alpha value is -3.87. The summed E-state index contributed by atoms with van der Waals surface area (Å²) >= 11 is 0. The van der Waals surface area contributed by atoms with Gasteiger partial charge in [-0.1, -0.05) is 43.3 Å². The van der Waals surface area contributed by atoms with Gasteiger partial charge in [-0.25, -0.2) is 9.07 Å². The summed E-state index contributed by atoms with van der Waals surface area (Å²) in [7, 11) is 0. The summed E-state index contributed by atoms with van der Waals surface area (Å²) in [6, 6.07) is 16.4. The lowest BCUT2D eigenvalue weighted by atomic mass is 10.0. The average molecular weight is 429 g/mol. The van der Waals surface area contributed by atoms with Gasteiger partial charge in [0.2, 0.25) is 0 Å². The van der Waals surface area contributed by atoms with Crippen molar-refractivity contribution in [2.75, 3.05) is 0 Å². The van der Waals surface area contributed by atoms with E-state index in [0.717, 1.165) is 5.56 Å². The molecule has 2 heterocycles. The van der Waals surface area contributed by atoms with Crippen molar-refractivity contribution in [1.29, 1.82) is 0 Å². The predicted molar refractivity (Wildman–Crippen MR) is 121 cm³/mol. The van der Waals surface area contributed by atoms with E-state index in [1.54, 1.807) is 37.5 Å². The zero-order valence-electron chi connectivity index (χ0n) is 18.2. The van der Waals surface area contributed by atoms with Gasteiger partial charge in [-0.3, -0.25) is 9.78 Å².